The lowest BCUT2D eigenvalue weighted by atomic mass is 9.98. The van der Waals surface area contributed by atoms with Gasteiger partial charge >= 0.3 is 0 Å². The summed E-state index contributed by atoms with van der Waals surface area (Å²) in [5.74, 6) is 0.479. The van der Waals surface area contributed by atoms with Gasteiger partial charge < -0.3 is 10.0 Å². The summed E-state index contributed by atoms with van der Waals surface area (Å²) in [4.78, 5) is 19.2. The van der Waals surface area contributed by atoms with E-state index in [4.69, 9.17) is 5.11 Å². The van der Waals surface area contributed by atoms with Gasteiger partial charge in [0.2, 0.25) is 0 Å². The Morgan fingerprint density at radius 1 is 1.59 bits per heavy atom. The summed E-state index contributed by atoms with van der Waals surface area (Å²) >= 11 is 1.43. The van der Waals surface area contributed by atoms with Gasteiger partial charge in [-0.25, -0.2) is 4.98 Å². The van der Waals surface area contributed by atoms with E-state index in [0.717, 1.165) is 42.9 Å². The van der Waals surface area contributed by atoms with Gasteiger partial charge in [-0.05, 0) is 25.2 Å². The number of rotatable bonds is 3. The number of aliphatic hydroxyl groups excluding tert-OH is 1. The average molecular weight is 254 g/mol. The molecule has 2 rings (SSSR count). The molecule has 0 bridgehead atoms. The number of likely N-dealkylation sites (tertiary alicyclic amines) is 1. The molecule has 1 N–H and O–H groups in total. The minimum atomic E-state index is 0.112. The van der Waals surface area contributed by atoms with Crippen molar-refractivity contribution in [3.05, 3.63) is 16.1 Å². The third kappa shape index (κ3) is 2.66. The fraction of sp³-hybridized carbons (Fsp3) is 0.667. The van der Waals surface area contributed by atoms with E-state index in [1.165, 1.54) is 11.3 Å². The van der Waals surface area contributed by atoms with Crippen molar-refractivity contribution in [2.24, 2.45) is 5.92 Å². The van der Waals surface area contributed by atoms with Crippen LogP contribution in [0.1, 0.15) is 35.1 Å². The minimum absolute atomic E-state index is 0.112. The van der Waals surface area contributed by atoms with Crippen LogP contribution in [0.25, 0.3) is 0 Å². The van der Waals surface area contributed by atoms with Crippen molar-refractivity contribution in [3.8, 4) is 0 Å². The van der Waals surface area contributed by atoms with E-state index in [0.29, 0.717) is 5.92 Å². The van der Waals surface area contributed by atoms with Gasteiger partial charge in [0.15, 0.2) is 0 Å². The largest absolute Gasteiger partial charge is 0.396 e. The molecular formula is C12H18N2O2S. The molecule has 4 nitrogen and oxygen atoms in total. The van der Waals surface area contributed by atoms with E-state index >= 15 is 0 Å². The number of hydrogen-bond donors (Lipinski definition) is 1. The number of nitrogens with zero attached hydrogens (tertiary/aromatic N) is 2. The number of hydrogen-bond acceptors (Lipinski definition) is 4. The molecule has 2 heterocycles. The van der Waals surface area contributed by atoms with Crippen LogP contribution in [0.15, 0.2) is 5.51 Å². The lowest BCUT2D eigenvalue weighted by Crippen LogP contribution is -2.39. The maximum absolute atomic E-state index is 12.3. The molecule has 0 radical (unpaired) electrons. The van der Waals surface area contributed by atoms with Crippen LogP contribution in [0.4, 0.5) is 0 Å². The molecule has 0 saturated carbocycles. The lowest BCUT2D eigenvalue weighted by molar-refractivity contribution is 0.0654. The Morgan fingerprint density at radius 3 is 2.88 bits per heavy atom. The average Bonchev–Trinajstić information content (AvgIpc) is 2.86. The van der Waals surface area contributed by atoms with Crippen LogP contribution in [0.5, 0.6) is 0 Å². The number of thiazole rings is 1. The fourth-order valence-electron chi connectivity index (χ4n) is 2.16. The topological polar surface area (TPSA) is 53.4 Å². The molecule has 1 saturated heterocycles. The highest BCUT2D eigenvalue weighted by Crippen LogP contribution is 2.21. The first-order chi connectivity index (χ1) is 8.26. The summed E-state index contributed by atoms with van der Waals surface area (Å²) in [6.07, 6.45) is 2.61. The summed E-state index contributed by atoms with van der Waals surface area (Å²) in [5.41, 5.74) is 2.65. The Labute approximate surface area is 105 Å². The first-order valence-electron chi connectivity index (χ1n) is 6.08. The van der Waals surface area contributed by atoms with Crippen LogP contribution >= 0.6 is 11.3 Å². The standard InChI is InChI=1S/C12H18N2O2S/c1-2-10-11(17-8-13-10)12(16)14-5-3-9(7-15)4-6-14/h8-9,15H,2-7H2,1H3. The Balaban J connectivity index is 2.02. The molecule has 0 atom stereocenters. The molecule has 1 aromatic rings. The van der Waals surface area contributed by atoms with Crippen LogP contribution in [0.2, 0.25) is 0 Å². The quantitative estimate of drug-likeness (QED) is 0.890. The van der Waals surface area contributed by atoms with E-state index < -0.39 is 0 Å². The number of aliphatic hydroxyl groups is 1. The zero-order chi connectivity index (χ0) is 12.3. The van der Waals surface area contributed by atoms with Gasteiger partial charge in [-0.3, -0.25) is 4.79 Å². The Hall–Kier alpha value is -0.940. The zero-order valence-electron chi connectivity index (χ0n) is 10.1. The highest BCUT2D eigenvalue weighted by Gasteiger charge is 2.25. The first kappa shape index (κ1) is 12.5. The highest BCUT2D eigenvalue weighted by atomic mass is 32.1. The molecule has 0 spiro atoms. The van der Waals surface area contributed by atoms with Crippen molar-refractivity contribution in [1.29, 1.82) is 0 Å². The maximum Gasteiger partial charge on any atom is 0.265 e. The first-order valence-corrected chi connectivity index (χ1v) is 6.96. The minimum Gasteiger partial charge on any atom is -0.396 e. The fourth-order valence-corrected chi connectivity index (χ4v) is 3.01. The number of amides is 1. The van der Waals surface area contributed by atoms with Crippen LogP contribution in [-0.4, -0.2) is 40.6 Å². The van der Waals surface area contributed by atoms with E-state index in [-0.39, 0.29) is 12.5 Å². The van der Waals surface area contributed by atoms with Gasteiger partial charge in [-0.1, -0.05) is 6.92 Å². The number of piperidine rings is 1. The molecule has 1 aliphatic heterocycles. The normalized spacial score (nSPS) is 17.4. The number of carbonyl (C=O) groups excluding carboxylic acids is 1. The molecule has 94 valence electrons. The molecule has 0 aromatic carbocycles. The van der Waals surface area contributed by atoms with Gasteiger partial charge in [-0.2, -0.15) is 0 Å². The Morgan fingerprint density at radius 2 is 2.29 bits per heavy atom. The Kier molecular flexibility index (Phi) is 4.12. The molecule has 5 heteroatoms. The smallest absolute Gasteiger partial charge is 0.265 e. The predicted octanol–water partition coefficient (Wildman–Crippen LogP) is 1.55. The highest BCUT2D eigenvalue weighted by molar-refractivity contribution is 7.11. The van der Waals surface area contributed by atoms with Crippen LogP contribution < -0.4 is 0 Å². The second kappa shape index (κ2) is 5.60. The number of aromatic nitrogens is 1. The number of aryl methyl sites for hydroxylation is 1. The van der Waals surface area contributed by atoms with Crippen molar-refractivity contribution in [3.63, 3.8) is 0 Å². The van der Waals surface area contributed by atoms with Gasteiger partial charge in [-0.15, -0.1) is 11.3 Å². The second-order valence-corrected chi connectivity index (χ2v) is 5.25. The predicted molar refractivity (Wildman–Crippen MR) is 67.2 cm³/mol. The molecule has 1 amide bonds. The van der Waals surface area contributed by atoms with Crippen molar-refractivity contribution in [2.45, 2.75) is 26.2 Å². The summed E-state index contributed by atoms with van der Waals surface area (Å²) in [5, 5.41) is 9.07. The SMILES string of the molecule is CCc1ncsc1C(=O)N1CCC(CO)CC1. The van der Waals surface area contributed by atoms with Crippen molar-refractivity contribution in [1.82, 2.24) is 9.88 Å². The second-order valence-electron chi connectivity index (χ2n) is 4.40. The van der Waals surface area contributed by atoms with Crippen molar-refractivity contribution >= 4 is 17.2 Å². The Bertz CT molecular complexity index is 384. The third-order valence-electron chi connectivity index (χ3n) is 3.33. The van der Waals surface area contributed by atoms with E-state index in [1.807, 2.05) is 11.8 Å². The van der Waals surface area contributed by atoms with Gasteiger partial charge in [0.25, 0.3) is 5.91 Å². The third-order valence-corrected chi connectivity index (χ3v) is 4.19. The summed E-state index contributed by atoms with van der Waals surface area (Å²) in [6.45, 7) is 3.77. The van der Waals surface area contributed by atoms with Gasteiger partial charge in [0, 0.05) is 19.7 Å². The summed E-state index contributed by atoms with van der Waals surface area (Å²) < 4.78 is 0. The van der Waals surface area contributed by atoms with Gasteiger partial charge in [0.1, 0.15) is 4.88 Å². The molecule has 0 unspecified atom stereocenters. The van der Waals surface area contributed by atoms with E-state index in [1.54, 1.807) is 5.51 Å². The van der Waals surface area contributed by atoms with Crippen molar-refractivity contribution in [2.75, 3.05) is 19.7 Å². The lowest BCUT2D eigenvalue weighted by Gasteiger charge is -2.30. The van der Waals surface area contributed by atoms with Crippen LogP contribution in [0.3, 0.4) is 0 Å². The molecule has 1 aliphatic rings. The van der Waals surface area contributed by atoms with Crippen molar-refractivity contribution < 1.29 is 9.90 Å². The van der Waals surface area contributed by atoms with E-state index in [2.05, 4.69) is 4.98 Å². The molecule has 17 heavy (non-hydrogen) atoms. The van der Waals surface area contributed by atoms with E-state index in [9.17, 15) is 4.79 Å². The molecule has 1 fully saturated rings. The summed E-state index contributed by atoms with van der Waals surface area (Å²) in [7, 11) is 0. The molecule has 0 aliphatic carbocycles. The molecule has 1 aromatic heterocycles. The number of carbonyl (C=O) groups is 1. The monoisotopic (exact) mass is 254 g/mol. The van der Waals surface area contributed by atoms with Gasteiger partial charge in [0.05, 0.1) is 11.2 Å². The molecular weight excluding hydrogens is 236 g/mol. The zero-order valence-corrected chi connectivity index (χ0v) is 10.9. The summed E-state index contributed by atoms with van der Waals surface area (Å²) in [6, 6.07) is 0. The maximum atomic E-state index is 12.3. The van der Waals surface area contributed by atoms with Crippen LogP contribution in [0, 0.1) is 5.92 Å². The van der Waals surface area contributed by atoms with Crippen LogP contribution in [-0.2, 0) is 6.42 Å².